The number of aryl methyl sites for hydroxylation is 2. The summed E-state index contributed by atoms with van der Waals surface area (Å²) in [5.41, 5.74) is 2.56. The van der Waals surface area contributed by atoms with Gasteiger partial charge >= 0.3 is 0 Å². The highest BCUT2D eigenvalue weighted by molar-refractivity contribution is 5.96. The van der Waals surface area contributed by atoms with E-state index in [-0.39, 0.29) is 11.9 Å². The average Bonchev–Trinajstić information content (AvgIpc) is 2.70. The van der Waals surface area contributed by atoms with Gasteiger partial charge in [0.05, 0.1) is 11.3 Å². The molecule has 0 radical (unpaired) electrons. The van der Waals surface area contributed by atoms with Crippen molar-refractivity contribution in [1.82, 2.24) is 20.0 Å². The molecule has 2 heterocycles. The number of hydrogen-bond acceptors (Lipinski definition) is 3. The Balaban J connectivity index is 2.19. The van der Waals surface area contributed by atoms with Crippen molar-refractivity contribution in [3.63, 3.8) is 0 Å². The van der Waals surface area contributed by atoms with Crippen LogP contribution < -0.4 is 5.32 Å². The number of amides is 1. The normalized spacial score (nSPS) is 16.5. The van der Waals surface area contributed by atoms with Gasteiger partial charge in [0.15, 0.2) is 0 Å². The van der Waals surface area contributed by atoms with E-state index in [4.69, 9.17) is 0 Å². The van der Waals surface area contributed by atoms with Gasteiger partial charge in [0.2, 0.25) is 0 Å². The highest BCUT2D eigenvalue weighted by Gasteiger charge is 2.27. The maximum absolute atomic E-state index is 13.0. The fraction of sp³-hybridized carbons (Fsp3) is 0.750. The van der Waals surface area contributed by atoms with Crippen molar-refractivity contribution in [2.24, 2.45) is 13.0 Å². The Morgan fingerprint density at radius 2 is 2.00 bits per heavy atom. The number of nitrogens with zero attached hydrogens (tertiary/aromatic N) is 3. The summed E-state index contributed by atoms with van der Waals surface area (Å²) >= 11 is 0. The first-order valence-corrected chi connectivity index (χ1v) is 7.93. The molecule has 2 rings (SSSR count). The third kappa shape index (κ3) is 3.46. The summed E-state index contributed by atoms with van der Waals surface area (Å²) in [6.45, 7) is 11.1. The minimum Gasteiger partial charge on any atom is -0.336 e. The molecule has 1 fully saturated rings. The van der Waals surface area contributed by atoms with Crippen molar-refractivity contribution < 1.29 is 4.79 Å². The molecule has 118 valence electrons. The van der Waals surface area contributed by atoms with Crippen LogP contribution >= 0.6 is 0 Å². The molecule has 1 amide bonds. The van der Waals surface area contributed by atoms with Gasteiger partial charge in [-0.2, -0.15) is 5.10 Å². The third-order valence-corrected chi connectivity index (χ3v) is 4.52. The molecule has 1 aliphatic rings. The maximum Gasteiger partial charge on any atom is 0.257 e. The molecule has 0 atom stereocenters. The van der Waals surface area contributed by atoms with E-state index >= 15 is 0 Å². The molecule has 1 aliphatic heterocycles. The van der Waals surface area contributed by atoms with E-state index in [1.54, 1.807) is 4.68 Å². The lowest BCUT2D eigenvalue weighted by atomic mass is 9.96. The van der Waals surface area contributed by atoms with Gasteiger partial charge in [0.25, 0.3) is 5.91 Å². The summed E-state index contributed by atoms with van der Waals surface area (Å²) in [7, 11) is 1.89. The molecule has 0 saturated carbocycles. The molecule has 1 aromatic rings. The van der Waals surface area contributed by atoms with Crippen molar-refractivity contribution in [1.29, 1.82) is 0 Å². The Morgan fingerprint density at radius 1 is 1.38 bits per heavy atom. The highest BCUT2D eigenvalue weighted by Crippen LogP contribution is 2.20. The van der Waals surface area contributed by atoms with Crippen LogP contribution in [0.4, 0.5) is 0 Å². The molecule has 0 aliphatic carbocycles. The Bertz CT molecular complexity index is 501. The van der Waals surface area contributed by atoms with E-state index < -0.39 is 0 Å². The lowest BCUT2D eigenvalue weighted by molar-refractivity contribution is 0.0656. The Kier molecular flexibility index (Phi) is 5.04. The lowest BCUT2D eigenvalue weighted by Crippen LogP contribution is -2.43. The number of aromatic nitrogens is 2. The first kappa shape index (κ1) is 16.0. The van der Waals surface area contributed by atoms with E-state index in [0.717, 1.165) is 49.4 Å². The summed E-state index contributed by atoms with van der Waals surface area (Å²) in [4.78, 5) is 15.0. The first-order chi connectivity index (χ1) is 9.91. The fourth-order valence-corrected chi connectivity index (χ4v) is 3.10. The average molecular weight is 292 g/mol. The molecule has 1 aromatic heterocycles. The van der Waals surface area contributed by atoms with E-state index in [1.165, 1.54) is 0 Å². The standard InChI is InChI=1S/C16H28N4O/c1-11(2)20(10-14-6-8-17-9-7-14)16(21)15-12(3)18-19(5)13(15)4/h11,14,17H,6-10H2,1-5H3. The highest BCUT2D eigenvalue weighted by atomic mass is 16.2. The van der Waals surface area contributed by atoms with Gasteiger partial charge in [-0.25, -0.2) is 0 Å². The largest absolute Gasteiger partial charge is 0.336 e. The second-order valence-corrected chi connectivity index (χ2v) is 6.41. The van der Waals surface area contributed by atoms with Crippen LogP contribution in [0.3, 0.4) is 0 Å². The second-order valence-electron chi connectivity index (χ2n) is 6.41. The van der Waals surface area contributed by atoms with Gasteiger partial charge in [0.1, 0.15) is 0 Å². The third-order valence-electron chi connectivity index (χ3n) is 4.52. The molecular formula is C16H28N4O. The van der Waals surface area contributed by atoms with Crippen molar-refractivity contribution in [3.8, 4) is 0 Å². The molecule has 5 nitrogen and oxygen atoms in total. The summed E-state index contributed by atoms with van der Waals surface area (Å²) in [5.74, 6) is 0.738. The van der Waals surface area contributed by atoms with Crippen LogP contribution in [0.5, 0.6) is 0 Å². The Hall–Kier alpha value is -1.36. The van der Waals surface area contributed by atoms with Crippen LogP contribution in [0.1, 0.15) is 48.4 Å². The summed E-state index contributed by atoms with van der Waals surface area (Å²) < 4.78 is 1.80. The number of carbonyl (C=O) groups is 1. The van der Waals surface area contributed by atoms with Crippen molar-refractivity contribution in [2.75, 3.05) is 19.6 Å². The predicted octanol–water partition coefficient (Wildman–Crippen LogP) is 1.89. The number of nitrogens with one attached hydrogen (secondary N) is 1. The molecule has 0 unspecified atom stereocenters. The van der Waals surface area contributed by atoms with Gasteiger partial charge < -0.3 is 10.2 Å². The van der Waals surface area contributed by atoms with Crippen LogP contribution in [0.25, 0.3) is 0 Å². The van der Waals surface area contributed by atoms with Crippen molar-refractivity contribution >= 4 is 5.91 Å². The molecule has 0 bridgehead atoms. The number of piperidine rings is 1. The van der Waals surface area contributed by atoms with Crippen LogP contribution in [0.15, 0.2) is 0 Å². The number of rotatable bonds is 4. The predicted molar refractivity (Wildman–Crippen MR) is 84.4 cm³/mol. The smallest absolute Gasteiger partial charge is 0.257 e. The van der Waals surface area contributed by atoms with Crippen LogP contribution in [-0.4, -0.2) is 46.3 Å². The molecule has 1 N–H and O–H groups in total. The topological polar surface area (TPSA) is 50.2 Å². The first-order valence-electron chi connectivity index (χ1n) is 7.93. The van der Waals surface area contributed by atoms with Gasteiger partial charge in [-0.1, -0.05) is 0 Å². The zero-order chi connectivity index (χ0) is 15.6. The van der Waals surface area contributed by atoms with Crippen molar-refractivity contribution in [3.05, 3.63) is 17.0 Å². The molecule has 21 heavy (non-hydrogen) atoms. The van der Waals surface area contributed by atoms with Crippen LogP contribution in [-0.2, 0) is 7.05 Å². The van der Waals surface area contributed by atoms with Gasteiger partial charge in [-0.05, 0) is 59.5 Å². The SMILES string of the molecule is Cc1nn(C)c(C)c1C(=O)N(CC1CCNCC1)C(C)C. The lowest BCUT2D eigenvalue weighted by Gasteiger charge is -2.33. The molecule has 0 spiro atoms. The van der Waals surface area contributed by atoms with Crippen LogP contribution in [0, 0.1) is 19.8 Å². The zero-order valence-corrected chi connectivity index (χ0v) is 13.9. The van der Waals surface area contributed by atoms with E-state index in [0.29, 0.717) is 5.92 Å². The minimum absolute atomic E-state index is 0.131. The van der Waals surface area contributed by atoms with Crippen molar-refractivity contribution in [2.45, 2.75) is 46.6 Å². The number of carbonyl (C=O) groups excluding carboxylic acids is 1. The van der Waals surface area contributed by atoms with E-state index in [9.17, 15) is 4.79 Å². The summed E-state index contributed by atoms with van der Waals surface area (Å²) in [5, 5.41) is 7.76. The van der Waals surface area contributed by atoms with Gasteiger partial charge in [-0.3, -0.25) is 9.48 Å². The van der Waals surface area contributed by atoms with Gasteiger partial charge in [0, 0.05) is 25.3 Å². The summed E-state index contributed by atoms with van der Waals surface area (Å²) in [6.07, 6.45) is 2.31. The monoisotopic (exact) mass is 292 g/mol. The fourth-order valence-electron chi connectivity index (χ4n) is 3.10. The second kappa shape index (κ2) is 6.60. The quantitative estimate of drug-likeness (QED) is 0.922. The zero-order valence-electron chi connectivity index (χ0n) is 13.9. The minimum atomic E-state index is 0.131. The molecule has 1 saturated heterocycles. The maximum atomic E-state index is 13.0. The van der Waals surface area contributed by atoms with Crippen LogP contribution in [0.2, 0.25) is 0 Å². The van der Waals surface area contributed by atoms with Gasteiger partial charge in [-0.15, -0.1) is 0 Å². The molecule has 0 aromatic carbocycles. The molecular weight excluding hydrogens is 264 g/mol. The van der Waals surface area contributed by atoms with E-state index in [2.05, 4.69) is 24.3 Å². The molecule has 5 heteroatoms. The Morgan fingerprint density at radius 3 is 2.48 bits per heavy atom. The number of hydrogen-bond donors (Lipinski definition) is 1. The Labute approximate surface area is 127 Å². The van der Waals surface area contributed by atoms with E-state index in [1.807, 2.05) is 25.8 Å². The summed E-state index contributed by atoms with van der Waals surface area (Å²) in [6, 6.07) is 0.214.